The molecule has 0 bridgehead atoms. The van der Waals surface area contributed by atoms with Crippen molar-refractivity contribution in [3.63, 3.8) is 0 Å². The SMILES string of the molecule is CC1CCN(C(=O)c2cc(S(N)(=O)=O)cc(F)c2Cl)C1. The number of hydrogen-bond donors (Lipinski definition) is 1. The predicted molar refractivity (Wildman–Crippen MR) is 72.5 cm³/mol. The van der Waals surface area contributed by atoms with Gasteiger partial charge in [-0.2, -0.15) is 0 Å². The first-order valence-corrected chi connectivity index (χ1v) is 7.93. The molecule has 1 amide bonds. The molecule has 1 aliphatic heterocycles. The number of rotatable bonds is 2. The van der Waals surface area contributed by atoms with Crippen molar-refractivity contribution in [2.45, 2.75) is 18.2 Å². The van der Waals surface area contributed by atoms with Gasteiger partial charge in [-0.05, 0) is 24.5 Å². The van der Waals surface area contributed by atoms with Crippen molar-refractivity contribution in [1.29, 1.82) is 0 Å². The van der Waals surface area contributed by atoms with E-state index in [0.29, 0.717) is 25.1 Å². The highest BCUT2D eigenvalue weighted by Gasteiger charge is 2.28. The highest BCUT2D eigenvalue weighted by molar-refractivity contribution is 7.89. The van der Waals surface area contributed by atoms with E-state index < -0.39 is 26.6 Å². The Bertz CT molecular complexity index is 663. The molecule has 0 aliphatic carbocycles. The van der Waals surface area contributed by atoms with Crippen molar-refractivity contribution in [1.82, 2.24) is 4.90 Å². The molecule has 1 fully saturated rings. The number of halogens is 2. The van der Waals surface area contributed by atoms with Crippen LogP contribution in [0.4, 0.5) is 4.39 Å². The molecule has 0 radical (unpaired) electrons. The zero-order chi connectivity index (χ0) is 15.1. The Hall–Kier alpha value is -1.18. The van der Waals surface area contributed by atoms with Gasteiger partial charge in [0, 0.05) is 13.1 Å². The number of sulfonamides is 1. The molecule has 2 N–H and O–H groups in total. The van der Waals surface area contributed by atoms with Crippen molar-refractivity contribution in [2.75, 3.05) is 13.1 Å². The highest BCUT2D eigenvalue weighted by atomic mass is 35.5. The van der Waals surface area contributed by atoms with Crippen molar-refractivity contribution in [3.05, 3.63) is 28.5 Å². The first-order chi connectivity index (χ1) is 9.20. The van der Waals surface area contributed by atoms with Crippen LogP contribution in [-0.2, 0) is 10.0 Å². The minimum absolute atomic E-state index is 0.176. The highest BCUT2D eigenvalue weighted by Crippen LogP contribution is 2.27. The Morgan fingerprint density at radius 3 is 2.65 bits per heavy atom. The lowest BCUT2D eigenvalue weighted by atomic mass is 10.1. The molecular formula is C12H14ClFN2O3S. The van der Waals surface area contributed by atoms with Gasteiger partial charge in [-0.3, -0.25) is 4.79 Å². The Labute approximate surface area is 121 Å². The van der Waals surface area contributed by atoms with Gasteiger partial charge in [0.15, 0.2) is 0 Å². The second-order valence-electron chi connectivity index (χ2n) is 4.96. The van der Waals surface area contributed by atoms with Crippen LogP contribution >= 0.6 is 11.6 Å². The van der Waals surface area contributed by atoms with Gasteiger partial charge in [0.05, 0.1) is 15.5 Å². The summed E-state index contributed by atoms with van der Waals surface area (Å²) in [7, 11) is -4.10. The van der Waals surface area contributed by atoms with Gasteiger partial charge >= 0.3 is 0 Å². The maximum Gasteiger partial charge on any atom is 0.255 e. The Morgan fingerprint density at radius 1 is 1.50 bits per heavy atom. The van der Waals surface area contributed by atoms with Crippen LogP contribution in [0, 0.1) is 11.7 Å². The molecule has 8 heteroatoms. The molecule has 1 aromatic rings. The first kappa shape index (κ1) is 15.2. The summed E-state index contributed by atoms with van der Waals surface area (Å²) < 4.78 is 36.2. The van der Waals surface area contributed by atoms with Crippen molar-refractivity contribution >= 4 is 27.5 Å². The van der Waals surface area contributed by atoms with E-state index in [1.807, 2.05) is 6.92 Å². The van der Waals surface area contributed by atoms with E-state index in [1.54, 1.807) is 0 Å². The second-order valence-corrected chi connectivity index (χ2v) is 6.90. The molecule has 2 rings (SSSR count). The van der Waals surface area contributed by atoms with Crippen LogP contribution in [0.5, 0.6) is 0 Å². The molecule has 1 heterocycles. The fraction of sp³-hybridized carbons (Fsp3) is 0.417. The Morgan fingerprint density at radius 2 is 2.15 bits per heavy atom. The molecule has 0 saturated carbocycles. The van der Waals surface area contributed by atoms with Crippen molar-refractivity contribution < 1.29 is 17.6 Å². The first-order valence-electron chi connectivity index (χ1n) is 6.01. The molecule has 0 aromatic heterocycles. The number of likely N-dealkylation sites (tertiary alicyclic amines) is 1. The van der Waals surface area contributed by atoms with Gasteiger partial charge in [-0.15, -0.1) is 0 Å². The molecule has 20 heavy (non-hydrogen) atoms. The van der Waals surface area contributed by atoms with Gasteiger partial charge in [-0.1, -0.05) is 18.5 Å². The molecule has 1 atom stereocenters. The zero-order valence-electron chi connectivity index (χ0n) is 10.8. The summed E-state index contributed by atoms with van der Waals surface area (Å²) in [5.74, 6) is -1.11. The summed E-state index contributed by atoms with van der Waals surface area (Å²) in [5.41, 5.74) is -0.176. The summed E-state index contributed by atoms with van der Waals surface area (Å²) in [4.78, 5) is 13.3. The van der Waals surface area contributed by atoms with E-state index in [2.05, 4.69) is 0 Å². The Kier molecular flexibility index (Phi) is 4.04. The van der Waals surface area contributed by atoms with E-state index in [0.717, 1.165) is 12.5 Å². The average Bonchev–Trinajstić information content (AvgIpc) is 2.77. The van der Waals surface area contributed by atoms with Crippen LogP contribution < -0.4 is 5.14 Å². The molecule has 5 nitrogen and oxygen atoms in total. The zero-order valence-corrected chi connectivity index (χ0v) is 12.3. The van der Waals surface area contributed by atoms with Crippen LogP contribution in [0.15, 0.2) is 17.0 Å². The molecule has 1 saturated heterocycles. The van der Waals surface area contributed by atoms with Gasteiger partial charge in [0.2, 0.25) is 10.0 Å². The number of nitrogens with zero attached hydrogens (tertiary/aromatic N) is 1. The largest absolute Gasteiger partial charge is 0.338 e. The molecule has 0 spiro atoms. The predicted octanol–water partition coefficient (Wildman–Crippen LogP) is 1.61. The quantitative estimate of drug-likeness (QED) is 0.899. The third-order valence-electron chi connectivity index (χ3n) is 3.27. The number of amides is 1. The molecule has 110 valence electrons. The van der Waals surface area contributed by atoms with Gasteiger partial charge < -0.3 is 4.90 Å². The summed E-state index contributed by atoms with van der Waals surface area (Å²) in [6, 6.07) is 1.73. The minimum atomic E-state index is -4.10. The smallest absolute Gasteiger partial charge is 0.255 e. The normalized spacial score (nSPS) is 19.4. The fourth-order valence-electron chi connectivity index (χ4n) is 2.17. The fourth-order valence-corrected chi connectivity index (χ4v) is 2.91. The van der Waals surface area contributed by atoms with E-state index >= 15 is 0 Å². The standard InChI is InChI=1S/C12H14ClFN2O3S/c1-7-2-3-16(6-7)12(17)9-4-8(20(15,18)19)5-10(14)11(9)13/h4-5,7H,2-3,6H2,1H3,(H2,15,18,19). The topological polar surface area (TPSA) is 80.5 Å². The van der Waals surface area contributed by atoms with Crippen LogP contribution in [-0.4, -0.2) is 32.3 Å². The van der Waals surface area contributed by atoms with Crippen LogP contribution in [0.25, 0.3) is 0 Å². The summed E-state index contributed by atoms with van der Waals surface area (Å²) in [6.45, 7) is 3.07. The molecule has 1 unspecified atom stereocenters. The number of benzene rings is 1. The Balaban J connectivity index is 2.45. The number of carbonyl (C=O) groups is 1. The number of hydrogen-bond acceptors (Lipinski definition) is 3. The average molecular weight is 321 g/mol. The van der Waals surface area contributed by atoms with Gasteiger partial charge in [-0.25, -0.2) is 17.9 Å². The van der Waals surface area contributed by atoms with Crippen LogP contribution in [0.2, 0.25) is 5.02 Å². The van der Waals surface area contributed by atoms with Crippen molar-refractivity contribution in [2.24, 2.45) is 11.1 Å². The summed E-state index contributed by atoms with van der Waals surface area (Å²) >= 11 is 5.77. The van der Waals surface area contributed by atoms with Crippen LogP contribution in [0.1, 0.15) is 23.7 Å². The molecule has 1 aromatic carbocycles. The lowest BCUT2D eigenvalue weighted by molar-refractivity contribution is 0.0787. The van der Waals surface area contributed by atoms with Crippen LogP contribution in [0.3, 0.4) is 0 Å². The number of carbonyl (C=O) groups excluding carboxylic acids is 1. The monoisotopic (exact) mass is 320 g/mol. The third kappa shape index (κ3) is 2.94. The summed E-state index contributed by atoms with van der Waals surface area (Å²) in [6.07, 6.45) is 0.848. The molecule has 1 aliphatic rings. The minimum Gasteiger partial charge on any atom is -0.338 e. The third-order valence-corrected chi connectivity index (χ3v) is 4.55. The molecular weight excluding hydrogens is 307 g/mol. The van der Waals surface area contributed by atoms with Gasteiger partial charge in [0.25, 0.3) is 5.91 Å². The summed E-state index contributed by atoms with van der Waals surface area (Å²) in [5, 5.41) is 4.57. The second kappa shape index (κ2) is 5.31. The van der Waals surface area contributed by atoms with Crippen molar-refractivity contribution in [3.8, 4) is 0 Å². The van der Waals surface area contributed by atoms with Gasteiger partial charge in [0.1, 0.15) is 5.82 Å². The maximum absolute atomic E-state index is 13.7. The lowest BCUT2D eigenvalue weighted by Gasteiger charge is -2.17. The maximum atomic E-state index is 13.7. The van der Waals surface area contributed by atoms with E-state index in [9.17, 15) is 17.6 Å². The van der Waals surface area contributed by atoms with E-state index in [1.165, 1.54) is 4.90 Å². The van der Waals surface area contributed by atoms with E-state index in [-0.39, 0.29) is 10.6 Å². The lowest BCUT2D eigenvalue weighted by Crippen LogP contribution is -2.29. The number of primary sulfonamides is 1. The number of nitrogens with two attached hydrogens (primary N) is 1. The van der Waals surface area contributed by atoms with E-state index in [4.69, 9.17) is 16.7 Å².